The normalized spacial score (nSPS) is 19.4. The van der Waals surface area contributed by atoms with Crippen LogP contribution in [0.25, 0.3) is 0 Å². The fraction of sp³-hybridized carbons (Fsp3) is 0.435. The van der Waals surface area contributed by atoms with Gasteiger partial charge in [0.25, 0.3) is 11.8 Å². The Hall–Kier alpha value is -5.74. The van der Waals surface area contributed by atoms with Crippen molar-refractivity contribution in [2.75, 3.05) is 106 Å². The van der Waals surface area contributed by atoms with E-state index in [2.05, 4.69) is 57.7 Å². The summed E-state index contributed by atoms with van der Waals surface area (Å²) in [5.41, 5.74) is 3.97. The zero-order valence-corrected chi connectivity index (χ0v) is 38.6. The number of imide groups is 2. The number of nitrogens with zero attached hydrogens (tertiary/aromatic N) is 8. The maximum Gasteiger partial charge on any atom is 0.343 e. The van der Waals surface area contributed by atoms with Crippen molar-refractivity contribution in [1.29, 1.82) is 0 Å². The van der Waals surface area contributed by atoms with Crippen LogP contribution in [0.4, 0.5) is 39.3 Å². The van der Waals surface area contributed by atoms with Gasteiger partial charge >= 0.3 is 6.03 Å². The molecular formula is C46H55ClN11O6P. The Morgan fingerprint density at radius 1 is 0.785 bits per heavy atom. The SMILES string of the molecule is COc1cc(N2CCC(N3CCN(CC4CCN(c5ccc6c(c5)C(=O)N(N5CCC(=O)NC5=O)C6=O)CC4)CC3)CC2)ccc1Nc1ncc(Cl)c(Nc2ccccc2P(C)(C)=O)n1. The molecule has 65 heavy (non-hydrogen) atoms. The summed E-state index contributed by atoms with van der Waals surface area (Å²) in [5.74, 6) is 0.498. The van der Waals surface area contributed by atoms with Crippen molar-refractivity contribution < 1.29 is 28.5 Å². The van der Waals surface area contributed by atoms with Gasteiger partial charge in [-0.15, -0.1) is 0 Å². The first-order chi connectivity index (χ1) is 31.3. The van der Waals surface area contributed by atoms with E-state index >= 15 is 0 Å². The Balaban J connectivity index is 0.724. The summed E-state index contributed by atoms with van der Waals surface area (Å²) >= 11 is 6.49. The molecular weight excluding hydrogens is 869 g/mol. The lowest BCUT2D eigenvalue weighted by Crippen LogP contribution is -2.58. The molecule has 0 saturated carbocycles. The molecule has 0 atom stereocenters. The molecule has 5 amide bonds. The fourth-order valence-corrected chi connectivity index (χ4v) is 11.0. The van der Waals surface area contributed by atoms with E-state index in [0.29, 0.717) is 40.2 Å². The van der Waals surface area contributed by atoms with Gasteiger partial charge in [0.2, 0.25) is 11.9 Å². The molecule has 342 valence electrons. The minimum atomic E-state index is -2.55. The van der Waals surface area contributed by atoms with Crippen molar-refractivity contribution in [2.45, 2.75) is 38.1 Å². The van der Waals surface area contributed by atoms with E-state index in [1.54, 1.807) is 32.6 Å². The number of nitrogens with one attached hydrogen (secondary N) is 3. The number of carbonyl (C=O) groups excluding carboxylic acids is 4. The lowest BCUT2D eigenvalue weighted by atomic mass is 9.95. The van der Waals surface area contributed by atoms with Crippen LogP contribution < -0.4 is 35.8 Å². The highest BCUT2D eigenvalue weighted by molar-refractivity contribution is 7.70. The van der Waals surface area contributed by atoms with Gasteiger partial charge in [0.05, 0.1) is 42.4 Å². The van der Waals surface area contributed by atoms with Crippen LogP contribution in [0, 0.1) is 5.92 Å². The van der Waals surface area contributed by atoms with Crippen molar-refractivity contribution in [2.24, 2.45) is 5.92 Å². The number of para-hydroxylation sites is 1. The number of anilines is 6. The number of benzene rings is 3. The first kappa shape index (κ1) is 44.5. The van der Waals surface area contributed by atoms with E-state index in [9.17, 15) is 23.7 Å². The molecule has 0 spiro atoms. The predicted octanol–water partition coefficient (Wildman–Crippen LogP) is 5.83. The quantitative estimate of drug-likeness (QED) is 0.114. The number of ether oxygens (including phenoxy) is 1. The molecule has 3 N–H and O–H groups in total. The van der Waals surface area contributed by atoms with Crippen LogP contribution >= 0.6 is 18.7 Å². The first-order valence-electron chi connectivity index (χ1n) is 22.3. The summed E-state index contributed by atoms with van der Waals surface area (Å²) in [7, 11) is -0.895. The van der Waals surface area contributed by atoms with Crippen molar-refractivity contribution in [1.82, 2.24) is 35.1 Å². The van der Waals surface area contributed by atoms with Crippen LogP contribution in [0.5, 0.6) is 5.75 Å². The number of fused-ring (bicyclic) bond motifs is 1. The average Bonchev–Trinajstić information content (AvgIpc) is 3.55. The molecule has 5 aliphatic rings. The lowest BCUT2D eigenvalue weighted by Gasteiger charge is -2.44. The molecule has 19 heteroatoms. The summed E-state index contributed by atoms with van der Waals surface area (Å²) < 4.78 is 18.8. The van der Waals surface area contributed by atoms with Crippen LogP contribution in [0.15, 0.2) is 66.9 Å². The highest BCUT2D eigenvalue weighted by atomic mass is 35.5. The van der Waals surface area contributed by atoms with Gasteiger partial charge in [-0.3, -0.25) is 24.6 Å². The van der Waals surface area contributed by atoms with Crippen LogP contribution in [0.2, 0.25) is 5.02 Å². The zero-order valence-electron chi connectivity index (χ0n) is 37.0. The van der Waals surface area contributed by atoms with Crippen LogP contribution in [-0.2, 0) is 9.36 Å². The molecule has 4 aromatic rings. The Labute approximate surface area is 383 Å². The third kappa shape index (κ3) is 9.51. The smallest absolute Gasteiger partial charge is 0.343 e. The second-order valence-electron chi connectivity index (χ2n) is 17.8. The van der Waals surface area contributed by atoms with E-state index in [4.69, 9.17) is 16.3 Å². The minimum absolute atomic E-state index is 0.0221. The van der Waals surface area contributed by atoms with Gasteiger partial charge in [-0.05, 0) is 87.4 Å². The predicted molar refractivity (Wildman–Crippen MR) is 252 cm³/mol. The molecule has 9 rings (SSSR count). The van der Waals surface area contributed by atoms with Crippen molar-refractivity contribution in [3.63, 3.8) is 0 Å². The van der Waals surface area contributed by atoms with Gasteiger partial charge in [-0.2, -0.15) is 9.99 Å². The Kier molecular flexibility index (Phi) is 12.7. The number of methoxy groups -OCH3 is 1. The van der Waals surface area contributed by atoms with Gasteiger partial charge in [-0.25, -0.2) is 14.8 Å². The second-order valence-corrected chi connectivity index (χ2v) is 21.3. The number of piperazine rings is 1. The Morgan fingerprint density at radius 2 is 1.46 bits per heavy atom. The number of hydrogen-bond donors (Lipinski definition) is 3. The summed E-state index contributed by atoms with van der Waals surface area (Å²) in [4.78, 5) is 69.6. The number of urea groups is 1. The van der Waals surface area contributed by atoms with Crippen molar-refractivity contribution in [3.8, 4) is 5.75 Å². The van der Waals surface area contributed by atoms with Crippen molar-refractivity contribution in [3.05, 3.63) is 83.0 Å². The lowest BCUT2D eigenvalue weighted by molar-refractivity contribution is -0.122. The largest absolute Gasteiger partial charge is 0.494 e. The second kappa shape index (κ2) is 18.6. The highest BCUT2D eigenvalue weighted by Gasteiger charge is 2.43. The van der Waals surface area contributed by atoms with Gasteiger partial charge in [-0.1, -0.05) is 23.7 Å². The molecule has 0 bridgehead atoms. The molecule has 0 radical (unpaired) electrons. The number of carbonyl (C=O) groups is 4. The summed E-state index contributed by atoms with van der Waals surface area (Å²) in [6, 6.07) is 18.7. The van der Waals surface area contributed by atoms with Gasteiger partial charge in [0, 0.05) is 94.1 Å². The van der Waals surface area contributed by atoms with E-state index in [-0.39, 0.29) is 24.1 Å². The number of piperidine rings is 2. The van der Waals surface area contributed by atoms with Crippen LogP contribution in [0.1, 0.15) is 52.8 Å². The number of hydrazine groups is 1. The first-order valence-corrected chi connectivity index (χ1v) is 25.3. The topological polar surface area (TPSA) is 176 Å². The monoisotopic (exact) mass is 923 g/mol. The molecule has 0 aliphatic carbocycles. The third-order valence-corrected chi connectivity index (χ3v) is 15.1. The Morgan fingerprint density at radius 3 is 2.17 bits per heavy atom. The van der Waals surface area contributed by atoms with Crippen molar-refractivity contribution >= 4 is 82.3 Å². The fourth-order valence-electron chi connectivity index (χ4n) is 9.71. The standard InChI is InChI=1S/C46H55ClN11O6P/c1-64-39-27-33(9-11-37(39)50-45-48-28-36(47)42(52-45)49-38-6-4-5-7-40(38)65(2,3)63)55-19-14-31(15-20-55)56-24-22-53(23-25-56)29-30-12-17-54(18-13-30)32-8-10-34-35(26-32)44(61)58(43(34)60)57-21-16-41(59)51-46(57)62/h4-11,26-28,30-31H,12-25,29H2,1-3H3,(H,51,59,62)(H2,48,49,50,52). The summed E-state index contributed by atoms with van der Waals surface area (Å²) in [6.07, 6.45) is 5.85. The number of amides is 5. The zero-order chi connectivity index (χ0) is 45.4. The molecule has 4 saturated heterocycles. The maximum atomic E-state index is 13.3. The maximum absolute atomic E-state index is 13.3. The molecule has 1 aromatic heterocycles. The van der Waals surface area contributed by atoms with Gasteiger partial charge < -0.3 is 34.6 Å². The molecule has 6 heterocycles. The van der Waals surface area contributed by atoms with Gasteiger partial charge in [0.15, 0.2) is 5.82 Å². The van der Waals surface area contributed by atoms with Crippen LogP contribution in [0.3, 0.4) is 0 Å². The number of halogens is 1. The number of hydrogen-bond acceptors (Lipinski definition) is 14. The minimum Gasteiger partial charge on any atom is -0.494 e. The average molecular weight is 924 g/mol. The summed E-state index contributed by atoms with van der Waals surface area (Å²) in [5, 5.41) is 11.7. The number of rotatable bonds is 12. The van der Waals surface area contributed by atoms with Crippen LogP contribution in [-0.4, -0.2) is 145 Å². The van der Waals surface area contributed by atoms with Gasteiger partial charge in [0.1, 0.15) is 17.9 Å². The Bertz CT molecular complexity index is 2530. The highest BCUT2D eigenvalue weighted by Crippen LogP contribution is 2.39. The van der Waals surface area contributed by atoms with E-state index in [1.807, 2.05) is 36.4 Å². The van der Waals surface area contributed by atoms with E-state index in [1.165, 1.54) is 6.20 Å². The summed E-state index contributed by atoms with van der Waals surface area (Å²) in [6.45, 7) is 12.5. The molecule has 4 fully saturated rings. The third-order valence-electron chi connectivity index (χ3n) is 13.3. The molecule has 0 unspecified atom stereocenters. The van der Waals surface area contributed by atoms with E-state index < -0.39 is 30.9 Å². The molecule has 3 aromatic carbocycles. The van der Waals surface area contributed by atoms with E-state index in [0.717, 1.165) is 117 Å². The number of aromatic nitrogens is 2. The molecule has 17 nitrogen and oxygen atoms in total. The molecule has 5 aliphatic heterocycles.